The fourth-order valence-corrected chi connectivity index (χ4v) is 2.15. The second-order valence-electron chi connectivity index (χ2n) is 4.48. The fraction of sp³-hybridized carbons (Fsp3) is 0.0714. The predicted molar refractivity (Wildman–Crippen MR) is 73.8 cm³/mol. The van der Waals surface area contributed by atoms with Crippen molar-refractivity contribution >= 4 is 10.9 Å². The zero-order valence-corrected chi connectivity index (χ0v) is 10.7. The first-order chi connectivity index (χ1) is 10.1. The molecule has 6 nitrogen and oxygen atoms in total. The minimum atomic E-state index is -1.39. The molecule has 3 aromatic rings. The first kappa shape index (κ1) is 13.0. The lowest BCUT2D eigenvalue weighted by atomic mass is 10.1. The highest BCUT2D eigenvalue weighted by Crippen LogP contribution is 2.18. The summed E-state index contributed by atoms with van der Waals surface area (Å²) >= 11 is 0. The average Bonchev–Trinajstić information content (AvgIpc) is 2.49. The Hall–Kier alpha value is -2.96. The Balaban J connectivity index is 2.18. The molecule has 2 N–H and O–H groups in total. The van der Waals surface area contributed by atoms with E-state index in [9.17, 15) is 19.1 Å². The number of nitrogens with zero attached hydrogens (tertiary/aromatic N) is 2. The van der Waals surface area contributed by atoms with Gasteiger partial charge in [0, 0.05) is 11.6 Å². The molecule has 0 radical (unpaired) electrons. The number of hydrogen-bond acceptors (Lipinski definition) is 4. The number of pyridine rings is 1. The summed E-state index contributed by atoms with van der Waals surface area (Å²) in [6.45, 7) is -0.104. The van der Waals surface area contributed by atoms with Crippen LogP contribution < -0.4 is 11.2 Å². The van der Waals surface area contributed by atoms with Crippen molar-refractivity contribution in [2.24, 2.45) is 0 Å². The molecule has 0 bridgehead atoms. The van der Waals surface area contributed by atoms with Crippen molar-refractivity contribution in [3.63, 3.8) is 0 Å². The summed E-state index contributed by atoms with van der Waals surface area (Å²) in [5.74, 6) is -2.38. The Morgan fingerprint density at radius 1 is 1.24 bits per heavy atom. The van der Waals surface area contributed by atoms with E-state index in [4.69, 9.17) is 0 Å². The first-order valence-electron chi connectivity index (χ1n) is 6.12. The standard InChI is InChI=1S/C14H10FN3O3/c15-10-12(19)17-14(21)18(13(10)20)7-9-4-1-3-8-5-2-6-16-11(8)9/h1-6,20H,7H2,(H,17,19,21). The van der Waals surface area contributed by atoms with Gasteiger partial charge in [-0.05, 0) is 11.6 Å². The lowest BCUT2D eigenvalue weighted by Gasteiger charge is -2.10. The molecule has 0 aliphatic rings. The predicted octanol–water partition coefficient (Wildman–Crippen LogP) is 0.978. The third-order valence-corrected chi connectivity index (χ3v) is 3.16. The number of rotatable bonds is 2. The van der Waals surface area contributed by atoms with Gasteiger partial charge in [-0.15, -0.1) is 0 Å². The molecular weight excluding hydrogens is 277 g/mol. The molecule has 0 saturated carbocycles. The number of benzene rings is 1. The van der Waals surface area contributed by atoms with E-state index in [0.717, 1.165) is 9.95 Å². The molecule has 0 spiro atoms. The molecule has 0 aliphatic carbocycles. The summed E-state index contributed by atoms with van der Waals surface area (Å²) < 4.78 is 14.2. The van der Waals surface area contributed by atoms with Crippen LogP contribution in [-0.2, 0) is 6.54 Å². The molecule has 0 amide bonds. The van der Waals surface area contributed by atoms with Crippen LogP contribution in [0.5, 0.6) is 5.88 Å². The van der Waals surface area contributed by atoms with Crippen molar-refractivity contribution in [1.29, 1.82) is 0 Å². The van der Waals surface area contributed by atoms with Gasteiger partial charge in [-0.2, -0.15) is 4.39 Å². The third kappa shape index (κ3) is 2.18. The van der Waals surface area contributed by atoms with Gasteiger partial charge < -0.3 is 5.11 Å². The maximum Gasteiger partial charge on any atom is 0.331 e. The van der Waals surface area contributed by atoms with Crippen molar-refractivity contribution in [3.05, 3.63) is 68.7 Å². The van der Waals surface area contributed by atoms with E-state index in [0.29, 0.717) is 11.1 Å². The van der Waals surface area contributed by atoms with Crippen LogP contribution in [0, 0.1) is 5.82 Å². The molecule has 0 saturated heterocycles. The molecule has 0 aliphatic heterocycles. The third-order valence-electron chi connectivity index (χ3n) is 3.16. The van der Waals surface area contributed by atoms with Crippen molar-refractivity contribution in [1.82, 2.24) is 14.5 Å². The van der Waals surface area contributed by atoms with Gasteiger partial charge in [0.1, 0.15) is 0 Å². The van der Waals surface area contributed by atoms with Crippen LogP contribution in [0.25, 0.3) is 10.9 Å². The van der Waals surface area contributed by atoms with E-state index in [1.165, 1.54) is 0 Å². The molecule has 0 atom stereocenters. The second kappa shape index (κ2) is 4.86. The van der Waals surface area contributed by atoms with Crippen LogP contribution in [0.15, 0.2) is 46.1 Å². The SMILES string of the molecule is O=c1[nH]c(=O)n(Cc2cccc3cccnc23)c(O)c1F. The van der Waals surface area contributed by atoms with E-state index in [1.807, 2.05) is 17.1 Å². The zero-order valence-electron chi connectivity index (χ0n) is 10.7. The van der Waals surface area contributed by atoms with Crippen molar-refractivity contribution < 1.29 is 9.50 Å². The number of nitrogens with one attached hydrogen (secondary N) is 1. The number of H-pyrrole nitrogens is 1. The Bertz CT molecular complexity index is 941. The van der Waals surface area contributed by atoms with Crippen molar-refractivity contribution in [2.45, 2.75) is 6.54 Å². The molecule has 2 aromatic heterocycles. The van der Waals surface area contributed by atoms with Gasteiger partial charge in [-0.3, -0.25) is 19.3 Å². The zero-order chi connectivity index (χ0) is 15.0. The maximum absolute atomic E-state index is 13.4. The quantitative estimate of drug-likeness (QED) is 0.735. The van der Waals surface area contributed by atoms with Crippen LogP contribution in [0.1, 0.15) is 5.56 Å². The molecular formula is C14H10FN3O3. The Morgan fingerprint density at radius 2 is 2.00 bits per heavy atom. The first-order valence-corrected chi connectivity index (χ1v) is 6.12. The van der Waals surface area contributed by atoms with Gasteiger partial charge in [0.15, 0.2) is 0 Å². The van der Waals surface area contributed by atoms with Crippen LogP contribution in [0.2, 0.25) is 0 Å². The molecule has 3 rings (SSSR count). The van der Waals surface area contributed by atoms with Crippen LogP contribution in [0.4, 0.5) is 4.39 Å². The molecule has 0 fully saturated rings. The molecule has 7 heteroatoms. The van der Waals surface area contributed by atoms with Crippen LogP contribution in [0.3, 0.4) is 0 Å². The van der Waals surface area contributed by atoms with E-state index in [2.05, 4.69) is 4.98 Å². The van der Waals surface area contributed by atoms with Gasteiger partial charge >= 0.3 is 5.69 Å². The normalized spacial score (nSPS) is 10.9. The summed E-state index contributed by atoms with van der Waals surface area (Å²) in [6, 6.07) is 8.95. The van der Waals surface area contributed by atoms with Crippen molar-refractivity contribution in [3.8, 4) is 5.88 Å². The minimum Gasteiger partial charge on any atom is -0.492 e. The van der Waals surface area contributed by atoms with E-state index in [1.54, 1.807) is 24.4 Å². The largest absolute Gasteiger partial charge is 0.492 e. The lowest BCUT2D eigenvalue weighted by Crippen LogP contribution is -2.32. The lowest BCUT2D eigenvalue weighted by molar-refractivity contribution is 0.367. The van der Waals surface area contributed by atoms with Crippen molar-refractivity contribution in [2.75, 3.05) is 0 Å². The number of hydrogen-bond donors (Lipinski definition) is 2. The fourth-order valence-electron chi connectivity index (χ4n) is 2.15. The molecule has 106 valence electrons. The number of para-hydroxylation sites is 1. The van der Waals surface area contributed by atoms with E-state index >= 15 is 0 Å². The number of aromatic hydroxyl groups is 1. The van der Waals surface area contributed by atoms with Crippen LogP contribution >= 0.6 is 0 Å². The Morgan fingerprint density at radius 3 is 2.81 bits per heavy atom. The minimum absolute atomic E-state index is 0.104. The summed E-state index contributed by atoms with van der Waals surface area (Å²) in [7, 11) is 0. The van der Waals surface area contributed by atoms with Gasteiger partial charge in [0.2, 0.25) is 11.7 Å². The average molecular weight is 287 g/mol. The molecule has 1 aromatic carbocycles. The number of aromatic amines is 1. The monoisotopic (exact) mass is 287 g/mol. The Labute approximate surface area is 117 Å². The van der Waals surface area contributed by atoms with Gasteiger partial charge in [0.05, 0.1) is 12.1 Å². The number of fused-ring (bicyclic) bond motifs is 1. The summed E-state index contributed by atoms with van der Waals surface area (Å²) in [6.07, 6.45) is 1.60. The highest BCUT2D eigenvalue weighted by Gasteiger charge is 2.14. The molecule has 0 unspecified atom stereocenters. The van der Waals surface area contributed by atoms with Gasteiger partial charge in [-0.25, -0.2) is 4.79 Å². The highest BCUT2D eigenvalue weighted by atomic mass is 19.1. The van der Waals surface area contributed by atoms with E-state index in [-0.39, 0.29) is 6.54 Å². The second-order valence-corrected chi connectivity index (χ2v) is 4.48. The summed E-state index contributed by atoms with van der Waals surface area (Å²) in [5, 5.41) is 10.5. The number of halogens is 1. The van der Waals surface area contributed by atoms with Gasteiger partial charge in [-0.1, -0.05) is 24.3 Å². The van der Waals surface area contributed by atoms with Gasteiger partial charge in [0.25, 0.3) is 5.56 Å². The highest BCUT2D eigenvalue weighted by molar-refractivity contribution is 5.81. The Kier molecular flexibility index (Phi) is 3.02. The maximum atomic E-state index is 13.4. The molecule has 2 heterocycles. The van der Waals surface area contributed by atoms with Crippen LogP contribution in [-0.4, -0.2) is 19.6 Å². The van der Waals surface area contributed by atoms with E-state index < -0.39 is 22.9 Å². The summed E-state index contributed by atoms with van der Waals surface area (Å²) in [5.41, 5.74) is -0.869. The number of aromatic nitrogens is 3. The smallest absolute Gasteiger partial charge is 0.331 e. The summed E-state index contributed by atoms with van der Waals surface area (Å²) in [4.78, 5) is 28.8. The molecule has 21 heavy (non-hydrogen) atoms. The topological polar surface area (TPSA) is 88.0 Å².